The van der Waals surface area contributed by atoms with E-state index in [4.69, 9.17) is 9.47 Å². The van der Waals surface area contributed by atoms with Crippen LogP contribution in [0.2, 0.25) is 0 Å². The zero-order chi connectivity index (χ0) is 22.8. The third-order valence-electron chi connectivity index (χ3n) is 6.57. The molecule has 174 valence electrons. The van der Waals surface area contributed by atoms with E-state index >= 15 is 0 Å². The van der Waals surface area contributed by atoms with Gasteiger partial charge in [-0.25, -0.2) is 0 Å². The highest BCUT2D eigenvalue weighted by Gasteiger charge is 2.44. The summed E-state index contributed by atoms with van der Waals surface area (Å²) < 4.78 is 11.7. The van der Waals surface area contributed by atoms with Gasteiger partial charge in [0.15, 0.2) is 0 Å². The molecule has 0 amide bonds. The Hall–Kier alpha value is -2.00. The molecule has 1 heterocycles. The van der Waals surface area contributed by atoms with Gasteiger partial charge < -0.3 is 35.0 Å². The van der Waals surface area contributed by atoms with Crippen LogP contribution in [0, 0.1) is 6.92 Å². The van der Waals surface area contributed by atoms with E-state index in [1.165, 1.54) is 0 Å². The van der Waals surface area contributed by atoms with Gasteiger partial charge in [-0.2, -0.15) is 0 Å². The second-order valence-electron chi connectivity index (χ2n) is 8.96. The Balaban J connectivity index is 1.47. The van der Waals surface area contributed by atoms with Crippen LogP contribution in [0.25, 0.3) is 0 Å². The fraction of sp³-hybridized carbons (Fsp3) is 0.520. The zero-order valence-corrected chi connectivity index (χ0v) is 18.2. The van der Waals surface area contributed by atoms with E-state index < -0.39 is 37.1 Å². The summed E-state index contributed by atoms with van der Waals surface area (Å²) in [5.41, 5.74) is 3.91. The van der Waals surface area contributed by atoms with Gasteiger partial charge in [0.25, 0.3) is 0 Å². The summed E-state index contributed by atoms with van der Waals surface area (Å²) in [6.45, 7) is 1.56. The molecule has 0 bridgehead atoms. The van der Waals surface area contributed by atoms with Crippen molar-refractivity contribution in [3.05, 3.63) is 64.7 Å². The number of ether oxygens (including phenoxy) is 2. The minimum Gasteiger partial charge on any atom is -0.490 e. The molecule has 0 aromatic heterocycles. The first-order valence-corrected chi connectivity index (χ1v) is 11.2. The monoisotopic (exact) mass is 444 g/mol. The SMILES string of the molecule is Cc1ccc([C@@H]2O[C@H](CO)[C@@H](O)[C@H](O)[C@H]2O)cc1Cc1ccc(O[C@@H]2CC[C@@H](O)C2)cc1. The van der Waals surface area contributed by atoms with Crippen molar-refractivity contribution in [3.8, 4) is 5.75 Å². The molecule has 2 fully saturated rings. The molecular weight excluding hydrogens is 412 g/mol. The Morgan fingerprint density at radius 3 is 2.34 bits per heavy atom. The summed E-state index contributed by atoms with van der Waals surface area (Å²) in [4.78, 5) is 0. The van der Waals surface area contributed by atoms with Crippen LogP contribution in [-0.4, -0.2) is 68.8 Å². The van der Waals surface area contributed by atoms with Gasteiger partial charge in [0.2, 0.25) is 0 Å². The number of aryl methyl sites for hydroxylation is 1. The molecule has 7 nitrogen and oxygen atoms in total. The third-order valence-corrected chi connectivity index (χ3v) is 6.57. The Labute approximate surface area is 187 Å². The molecule has 1 aliphatic carbocycles. The van der Waals surface area contributed by atoms with Crippen LogP contribution in [0.4, 0.5) is 0 Å². The molecule has 2 aliphatic rings. The maximum absolute atomic E-state index is 10.4. The van der Waals surface area contributed by atoms with Crippen LogP contribution < -0.4 is 4.74 Å². The van der Waals surface area contributed by atoms with Crippen molar-refractivity contribution in [1.29, 1.82) is 0 Å². The van der Waals surface area contributed by atoms with E-state index in [1.807, 2.05) is 49.4 Å². The normalized spacial score (nSPS) is 32.8. The maximum Gasteiger partial charge on any atom is 0.119 e. The summed E-state index contributed by atoms with van der Waals surface area (Å²) in [7, 11) is 0. The van der Waals surface area contributed by atoms with Crippen LogP contribution in [0.5, 0.6) is 5.75 Å². The van der Waals surface area contributed by atoms with Gasteiger partial charge in [0.1, 0.15) is 42.4 Å². The van der Waals surface area contributed by atoms with E-state index in [9.17, 15) is 25.5 Å². The fourth-order valence-electron chi connectivity index (χ4n) is 4.56. The highest BCUT2D eigenvalue weighted by Crippen LogP contribution is 2.33. The Morgan fingerprint density at radius 2 is 1.69 bits per heavy atom. The second-order valence-corrected chi connectivity index (χ2v) is 8.96. The number of hydrogen-bond acceptors (Lipinski definition) is 7. The fourth-order valence-corrected chi connectivity index (χ4v) is 4.56. The molecule has 1 saturated heterocycles. The lowest BCUT2D eigenvalue weighted by Gasteiger charge is -2.40. The number of rotatable bonds is 6. The van der Waals surface area contributed by atoms with Crippen molar-refractivity contribution in [3.63, 3.8) is 0 Å². The summed E-state index contributed by atoms with van der Waals surface area (Å²) in [5, 5.41) is 49.7. The topological polar surface area (TPSA) is 120 Å². The summed E-state index contributed by atoms with van der Waals surface area (Å²) in [6, 6.07) is 13.6. The average Bonchev–Trinajstić information content (AvgIpc) is 3.20. The number of aliphatic hydroxyl groups excluding tert-OH is 5. The molecular formula is C25H32O7. The number of aliphatic hydroxyl groups is 5. The lowest BCUT2D eigenvalue weighted by atomic mass is 9.89. The molecule has 1 aliphatic heterocycles. The minimum absolute atomic E-state index is 0.0633. The third kappa shape index (κ3) is 4.98. The maximum atomic E-state index is 10.4. The number of benzene rings is 2. The first-order chi connectivity index (χ1) is 15.4. The van der Waals surface area contributed by atoms with E-state index in [-0.39, 0.29) is 12.2 Å². The molecule has 0 radical (unpaired) electrons. The van der Waals surface area contributed by atoms with Crippen LogP contribution in [0.1, 0.15) is 47.6 Å². The van der Waals surface area contributed by atoms with Crippen LogP contribution in [0.3, 0.4) is 0 Å². The van der Waals surface area contributed by atoms with Gasteiger partial charge in [-0.1, -0.05) is 30.3 Å². The predicted molar refractivity (Wildman–Crippen MR) is 117 cm³/mol. The largest absolute Gasteiger partial charge is 0.490 e. The van der Waals surface area contributed by atoms with Gasteiger partial charge in [-0.3, -0.25) is 0 Å². The highest BCUT2D eigenvalue weighted by atomic mass is 16.5. The first kappa shape index (κ1) is 23.2. The molecule has 7 heteroatoms. The van der Waals surface area contributed by atoms with Gasteiger partial charge in [-0.05, 0) is 60.6 Å². The van der Waals surface area contributed by atoms with Gasteiger partial charge in [0, 0.05) is 6.42 Å². The molecule has 7 atom stereocenters. The summed E-state index contributed by atoms with van der Waals surface area (Å²) >= 11 is 0. The Morgan fingerprint density at radius 1 is 0.938 bits per heavy atom. The van der Waals surface area contributed by atoms with Crippen molar-refractivity contribution in [2.75, 3.05) is 6.61 Å². The Kier molecular flexibility index (Phi) is 7.14. The van der Waals surface area contributed by atoms with Crippen molar-refractivity contribution in [1.82, 2.24) is 0 Å². The quantitative estimate of drug-likeness (QED) is 0.457. The van der Waals surface area contributed by atoms with E-state index in [0.717, 1.165) is 35.3 Å². The van der Waals surface area contributed by atoms with Crippen LogP contribution in [0.15, 0.2) is 42.5 Å². The molecule has 2 aromatic carbocycles. The molecule has 1 saturated carbocycles. The lowest BCUT2D eigenvalue weighted by molar-refractivity contribution is -0.231. The zero-order valence-electron chi connectivity index (χ0n) is 18.2. The minimum atomic E-state index is -1.40. The molecule has 32 heavy (non-hydrogen) atoms. The van der Waals surface area contributed by atoms with Crippen molar-refractivity contribution in [2.45, 2.75) is 75.3 Å². The average molecular weight is 445 g/mol. The van der Waals surface area contributed by atoms with Crippen molar-refractivity contribution < 1.29 is 35.0 Å². The second kappa shape index (κ2) is 9.87. The Bertz CT molecular complexity index is 898. The summed E-state index contributed by atoms with van der Waals surface area (Å²) in [5.74, 6) is 0.791. The van der Waals surface area contributed by atoms with Crippen LogP contribution >= 0.6 is 0 Å². The van der Waals surface area contributed by atoms with Crippen molar-refractivity contribution >= 4 is 0 Å². The predicted octanol–water partition coefficient (Wildman–Crippen LogP) is 1.39. The highest BCUT2D eigenvalue weighted by molar-refractivity contribution is 5.38. The van der Waals surface area contributed by atoms with E-state index in [2.05, 4.69) is 0 Å². The van der Waals surface area contributed by atoms with E-state index in [1.54, 1.807) is 0 Å². The smallest absolute Gasteiger partial charge is 0.119 e. The molecule has 2 aromatic rings. The first-order valence-electron chi connectivity index (χ1n) is 11.2. The summed E-state index contributed by atoms with van der Waals surface area (Å²) in [6.07, 6.45) is -3.06. The standard InChI is InChI=1S/C25H32O7/c1-14-2-5-16(25-24(30)23(29)22(28)21(13-26)32-25)11-17(14)10-15-3-7-19(8-4-15)31-20-9-6-18(27)12-20/h2-5,7-8,11,18,20-30H,6,9-10,12-13H2,1H3/t18-,20-,21-,22-,23+,24-,25+/m1/s1. The molecule has 4 rings (SSSR count). The van der Waals surface area contributed by atoms with Crippen LogP contribution in [-0.2, 0) is 11.2 Å². The van der Waals surface area contributed by atoms with Gasteiger partial charge >= 0.3 is 0 Å². The molecule has 0 spiro atoms. The van der Waals surface area contributed by atoms with Crippen molar-refractivity contribution in [2.24, 2.45) is 0 Å². The van der Waals surface area contributed by atoms with Gasteiger partial charge in [0.05, 0.1) is 12.7 Å². The lowest BCUT2D eigenvalue weighted by Crippen LogP contribution is -2.55. The molecule has 5 N–H and O–H groups in total. The number of hydrogen-bond donors (Lipinski definition) is 5. The molecule has 0 unspecified atom stereocenters. The van der Waals surface area contributed by atoms with E-state index in [0.29, 0.717) is 18.4 Å². The van der Waals surface area contributed by atoms with Gasteiger partial charge in [-0.15, -0.1) is 0 Å².